The van der Waals surface area contributed by atoms with Crippen molar-refractivity contribution in [3.05, 3.63) is 45.7 Å². The van der Waals surface area contributed by atoms with Crippen LogP contribution in [-0.4, -0.2) is 17.8 Å². The Morgan fingerprint density at radius 3 is 2.89 bits per heavy atom. The number of rotatable bonds is 1. The predicted molar refractivity (Wildman–Crippen MR) is 66.6 cm³/mol. The van der Waals surface area contributed by atoms with E-state index in [1.807, 2.05) is 22.8 Å². The number of hydrogen-bond donors (Lipinski definition) is 0. The minimum absolute atomic E-state index is 0.0272. The van der Waals surface area contributed by atoms with Crippen LogP contribution in [-0.2, 0) is 22.4 Å². The summed E-state index contributed by atoms with van der Waals surface area (Å²) in [6.45, 7) is 1.87. The van der Waals surface area contributed by atoms with Gasteiger partial charge in [0, 0.05) is 6.54 Å². The van der Waals surface area contributed by atoms with Crippen LogP contribution < -0.4 is 5.56 Å². The van der Waals surface area contributed by atoms with Gasteiger partial charge in [0.15, 0.2) is 6.29 Å². The van der Waals surface area contributed by atoms with Gasteiger partial charge in [-0.25, -0.2) is 0 Å². The Balaban J connectivity index is 2.02. The maximum absolute atomic E-state index is 12.4. The quantitative estimate of drug-likeness (QED) is 0.764. The van der Waals surface area contributed by atoms with Crippen molar-refractivity contribution in [2.75, 3.05) is 13.2 Å². The molecule has 4 rings (SSSR count). The third-order valence-electron chi connectivity index (χ3n) is 3.70. The van der Waals surface area contributed by atoms with Gasteiger partial charge in [-0.2, -0.15) is 0 Å². The molecule has 0 amide bonds. The van der Waals surface area contributed by atoms with Crippen LogP contribution >= 0.6 is 0 Å². The number of nitrogens with zero attached hydrogens (tertiary/aromatic N) is 1. The second-order valence-corrected chi connectivity index (χ2v) is 4.73. The normalized spacial score (nSPS) is 18.9. The van der Waals surface area contributed by atoms with E-state index in [-0.39, 0.29) is 5.56 Å². The van der Waals surface area contributed by atoms with Gasteiger partial charge in [0.05, 0.1) is 24.3 Å². The summed E-state index contributed by atoms with van der Waals surface area (Å²) in [5.74, 6) is 0. The zero-order chi connectivity index (χ0) is 12.1. The molecule has 0 radical (unpaired) electrons. The molecule has 3 heterocycles. The number of aromatic nitrogens is 1. The molecule has 2 aromatic rings. The molecular formula is C14H13NO3. The smallest absolute Gasteiger partial charge is 0.259 e. The summed E-state index contributed by atoms with van der Waals surface area (Å²) in [6, 6.07) is 8.09. The first-order valence-electron chi connectivity index (χ1n) is 6.23. The molecule has 4 nitrogen and oxygen atoms in total. The topological polar surface area (TPSA) is 40.5 Å². The van der Waals surface area contributed by atoms with Gasteiger partial charge in [0.25, 0.3) is 5.56 Å². The van der Waals surface area contributed by atoms with Crippen LogP contribution in [0.25, 0.3) is 10.9 Å². The van der Waals surface area contributed by atoms with Crippen LogP contribution in [0.5, 0.6) is 0 Å². The Morgan fingerprint density at radius 2 is 2.06 bits per heavy atom. The number of hydrogen-bond acceptors (Lipinski definition) is 3. The molecule has 0 N–H and O–H groups in total. The number of para-hydroxylation sites is 1. The standard InChI is InChI=1S/C14H13NO3/c16-13-11(14-17-6-7-18-14)8-10-3-1-2-9-4-5-15(13)12(9)10/h1-3,8,14H,4-7H2. The lowest BCUT2D eigenvalue weighted by Crippen LogP contribution is -2.24. The summed E-state index contributed by atoms with van der Waals surface area (Å²) in [6.07, 6.45) is 0.442. The third-order valence-corrected chi connectivity index (χ3v) is 3.70. The predicted octanol–water partition coefficient (Wildman–Crippen LogP) is 1.60. The number of benzene rings is 1. The molecule has 0 bridgehead atoms. The van der Waals surface area contributed by atoms with E-state index in [0.29, 0.717) is 18.8 Å². The summed E-state index contributed by atoms with van der Waals surface area (Å²) in [5.41, 5.74) is 2.98. The van der Waals surface area contributed by atoms with Gasteiger partial charge in [-0.15, -0.1) is 0 Å². The minimum Gasteiger partial charge on any atom is -0.346 e. The molecule has 1 aromatic heterocycles. The largest absolute Gasteiger partial charge is 0.346 e. The van der Waals surface area contributed by atoms with Gasteiger partial charge in [-0.05, 0) is 23.4 Å². The van der Waals surface area contributed by atoms with Crippen molar-refractivity contribution >= 4 is 10.9 Å². The molecule has 2 aliphatic rings. The Morgan fingerprint density at radius 1 is 1.22 bits per heavy atom. The van der Waals surface area contributed by atoms with Crippen molar-refractivity contribution in [2.45, 2.75) is 19.3 Å². The highest BCUT2D eigenvalue weighted by atomic mass is 16.7. The fraction of sp³-hybridized carbons (Fsp3) is 0.357. The maximum Gasteiger partial charge on any atom is 0.259 e. The van der Waals surface area contributed by atoms with E-state index in [0.717, 1.165) is 23.9 Å². The van der Waals surface area contributed by atoms with E-state index >= 15 is 0 Å². The van der Waals surface area contributed by atoms with Crippen molar-refractivity contribution in [1.29, 1.82) is 0 Å². The molecule has 0 aliphatic carbocycles. The second kappa shape index (κ2) is 3.67. The van der Waals surface area contributed by atoms with Gasteiger partial charge in [0.2, 0.25) is 0 Å². The number of aryl methyl sites for hydroxylation is 2. The first kappa shape index (κ1) is 10.3. The fourth-order valence-corrected chi connectivity index (χ4v) is 2.90. The lowest BCUT2D eigenvalue weighted by molar-refractivity contribution is -0.0452. The van der Waals surface area contributed by atoms with Crippen molar-refractivity contribution in [3.63, 3.8) is 0 Å². The van der Waals surface area contributed by atoms with Crippen LogP contribution in [0.15, 0.2) is 29.1 Å². The van der Waals surface area contributed by atoms with Gasteiger partial charge in [0.1, 0.15) is 0 Å². The Hall–Kier alpha value is -1.65. The summed E-state index contributed by atoms with van der Waals surface area (Å²) in [4.78, 5) is 12.4. The summed E-state index contributed by atoms with van der Waals surface area (Å²) in [7, 11) is 0. The van der Waals surface area contributed by atoms with E-state index in [4.69, 9.17) is 9.47 Å². The highest BCUT2D eigenvalue weighted by Gasteiger charge is 2.25. The second-order valence-electron chi connectivity index (χ2n) is 4.73. The van der Waals surface area contributed by atoms with Crippen LogP contribution in [0.3, 0.4) is 0 Å². The van der Waals surface area contributed by atoms with E-state index in [1.165, 1.54) is 5.56 Å². The average Bonchev–Trinajstić information content (AvgIpc) is 3.04. The van der Waals surface area contributed by atoms with Crippen LogP contribution in [0.2, 0.25) is 0 Å². The van der Waals surface area contributed by atoms with Gasteiger partial charge in [-0.1, -0.05) is 18.2 Å². The lowest BCUT2D eigenvalue weighted by atomic mass is 10.1. The van der Waals surface area contributed by atoms with Gasteiger partial charge < -0.3 is 14.0 Å². The van der Waals surface area contributed by atoms with Crippen LogP contribution in [0, 0.1) is 0 Å². The summed E-state index contributed by atoms with van der Waals surface area (Å²) < 4.78 is 12.8. The third kappa shape index (κ3) is 1.30. The van der Waals surface area contributed by atoms with Crippen molar-refractivity contribution in [3.8, 4) is 0 Å². The molecule has 2 aliphatic heterocycles. The molecule has 0 atom stereocenters. The zero-order valence-corrected chi connectivity index (χ0v) is 9.89. The Labute approximate surface area is 104 Å². The first-order chi connectivity index (χ1) is 8.84. The minimum atomic E-state index is -0.491. The van der Waals surface area contributed by atoms with Gasteiger partial charge >= 0.3 is 0 Å². The molecule has 0 spiro atoms. The lowest BCUT2D eigenvalue weighted by Gasteiger charge is -2.12. The molecule has 1 saturated heterocycles. The molecule has 0 saturated carbocycles. The van der Waals surface area contributed by atoms with Crippen molar-refractivity contribution in [2.24, 2.45) is 0 Å². The maximum atomic E-state index is 12.4. The Kier molecular flexibility index (Phi) is 2.10. The van der Waals surface area contributed by atoms with Crippen LogP contribution in [0.1, 0.15) is 17.4 Å². The highest BCUT2D eigenvalue weighted by molar-refractivity contribution is 5.84. The Bertz CT molecular complexity index is 683. The van der Waals surface area contributed by atoms with E-state index < -0.39 is 6.29 Å². The van der Waals surface area contributed by atoms with E-state index in [1.54, 1.807) is 0 Å². The molecule has 1 fully saturated rings. The number of pyridine rings is 1. The fourth-order valence-electron chi connectivity index (χ4n) is 2.90. The van der Waals surface area contributed by atoms with Crippen molar-refractivity contribution in [1.82, 2.24) is 4.57 Å². The van der Waals surface area contributed by atoms with E-state index in [2.05, 4.69) is 6.07 Å². The van der Waals surface area contributed by atoms with Crippen LogP contribution in [0.4, 0.5) is 0 Å². The molecule has 0 unspecified atom stereocenters. The zero-order valence-electron chi connectivity index (χ0n) is 9.89. The molecule has 4 heteroatoms. The summed E-state index contributed by atoms with van der Waals surface area (Å²) >= 11 is 0. The molecule has 92 valence electrons. The molecular weight excluding hydrogens is 230 g/mol. The monoisotopic (exact) mass is 243 g/mol. The molecule has 18 heavy (non-hydrogen) atoms. The first-order valence-corrected chi connectivity index (χ1v) is 6.23. The SMILES string of the molecule is O=c1c(C2OCCO2)cc2cccc3c2n1CC3. The highest BCUT2D eigenvalue weighted by Crippen LogP contribution is 2.28. The molecule has 1 aromatic carbocycles. The average molecular weight is 243 g/mol. The van der Waals surface area contributed by atoms with Gasteiger partial charge in [-0.3, -0.25) is 4.79 Å². The van der Waals surface area contributed by atoms with Crippen molar-refractivity contribution < 1.29 is 9.47 Å². The summed E-state index contributed by atoms with van der Waals surface area (Å²) in [5, 5.41) is 1.10. The number of ether oxygens (including phenoxy) is 2. The van der Waals surface area contributed by atoms with E-state index in [9.17, 15) is 4.79 Å².